The summed E-state index contributed by atoms with van der Waals surface area (Å²) in [6.45, 7) is 2.49. The smallest absolute Gasteiger partial charge is 0.240 e. The van der Waals surface area contributed by atoms with Gasteiger partial charge < -0.3 is 14.4 Å². The van der Waals surface area contributed by atoms with Crippen LogP contribution < -0.4 is 4.74 Å². The van der Waals surface area contributed by atoms with Gasteiger partial charge in [-0.1, -0.05) is 35.5 Å². The molecule has 1 aliphatic rings. The summed E-state index contributed by atoms with van der Waals surface area (Å²) in [5.41, 5.74) is 0.980. The standard InChI is InChI=1S/C22H24FN3O3/c23-18-6-8-19(9-7-18)28-15-20-24-21(29-25-20)14-26-12-10-17(11-13-26)22(27)16-4-2-1-3-5-16/h1-9,17,22,27H,10-15H2. The van der Waals surface area contributed by atoms with Crippen molar-refractivity contribution < 1.29 is 18.8 Å². The van der Waals surface area contributed by atoms with Crippen molar-refractivity contribution in [2.24, 2.45) is 5.92 Å². The van der Waals surface area contributed by atoms with Crippen molar-refractivity contribution in [3.8, 4) is 5.75 Å². The molecule has 3 aromatic rings. The lowest BCUT2D eigenvalue weighted by atomic mass is 9.87. The molecular weight excluding hydrogens is 373 g/mol. The second-order valence-electron chi connectivity index (χ2n) is 7.32. The third-order valence-corrected chi connectivity index (χ3v) is 5.27. The van der Waals surface area contributed by atoms with E-state index in [-0.39, 0.29) is 18.3 Å². The number of piperidine rings is 1. The molecule has 0 saturated carbocycles. The Bertz CT molecular complexity index is 893. The molecule has 0 aliphatic carbocycles. The Kier molecular flexibility index (Phi) is 6.17. The van der Waals surface area contributed by atoms with Gasteiger partial charge in [0.15, 0.2) is 6.61 Å². The van der Waals surface area contributed by atoms with E-state index in [0.717, 1.165) is 31.5 Å². The minimum absolute atomic E-state index is 0.167. The molecule has 0 spiro atoms. The summed E-state index contributed by atoms with van der Waals surface area (Å²) < 4.78 is 23.8. The number of hydrogen-bond donors (Lipinski definition) is 1. The Morgan fingerprint density at radius 3 is 2.55 bits per heavy atom. The maximum atomic E-state index is 12.9. The SMILES string of the molecule is OC(c1ccccc1)C1CCN(Cc2nc(COc3ccc(F)cc3)no2)CC1. The van der Waals surface area contributed by atoms with Crippen molar-refractivity contribution >= 4 is 0 Å². The predicted molar refractivity (Wildman–Crippen MR) is 104 cm³/mol. The molecular formula is C22H24FN3O3. The molecule has 0 radical (unpaired) electrons. The molecule has 1 aliphatic heterocycles. The molecule has 1 unspecified atom stereocenters. The van der Waals surface area contributed by atoms with Gasteiger partial charge in [-0.15, -0.1) is 0 Å². The number of benzene rings is 2. The number of aliphatic hydroxyl groups excluding tert-OH is 1. The molecule has 29 heavy (non-hydrogen) atoms. The molecule has 2 aromatic carbocycles. The minimum atomic E-state index is -0.419. The average Bonchev–Trinajstić information content (AvgIpc) is 3.21. The van der Waals surface area contributed by atoms with Crippen LogP contribution in [0, 0.1) is 11.7 Å². The zero-order chi connectivity index (χ0) is 20.1. The summed E-state index contributed by atoms with van der Waals surface area (Å²) in [4.78, 5) is 6.63. The van der Waals surface area contributed by atoms with Gasteiger partial charge in [0.2, 0.25) is 11.7 Å². The third-order valence-electron chi connectivity index (χ3n) is 5.27. The van der Waals surface area contributed by atoms with Crippen LogP contribution in [0.4, 0.5) is 4.39 Å². The fraction of sp³-hybridized carbons (Fsp3) is 0.364. The number of hydrogen-bond acceptors (Lipinski definition) is 6. The highest BCUT2D eigenvalue weighted by atomic mass is 19.1. The van der Waals surface area contributed by atoms with Gasteiger partial charge in [-0.3, -0.25) is 4.90 Å². The van der Waals surface area contributed by atoms with E-state index < -0.39 is 6.10 Å². The van der Waals surface area contributed by atoms with Gasteiger partial charge in [0.1, 0.15) is 11.6 Å². The lowest BCUT2D eigenvalue weighted by Gasteiger charge is -2.33. The number of ether oxygens (including phenoxy) is 1. The van der Waals surface area contributed by atoms with Crippen molar-refractivity contribution in [3.05, 3.63) is 77.7 Å². The highest BCUT2D eigenvalue weighted by Gasteiger charge is 2.27. The molecule has 1 N–H and O–H groups in total. The van der Waals surface area contributed by atoms with E-state index in [2.05, 4.69) is 15.0 Å². The third kappa shape index (κ3) is 5.19. The molecule has 0 bridgehead atoms. The zero-order valence-corrected chi connectivity index (χ0v) is 16.1. The molecule has 1 atom stereocenters. The van der Waals surface area contributed by atoms with Crippen LogP contribution in [-0.4, -0.2) is 33.2 Å². The summed E-state index contributed by atoms with van der Waals surface area (Å²) in [7, 11) is 0. The second kappa shape index (κ2) is 9.15. The van der Waals surface area contributed by atoms with Gasteiger partial charge >= 0.3 is 0 Å². The normalized spacial score (nSPS) is 16.6. The maximum Gasteiger partial charge on any atom is 0.240 e. The van der Waals surface area contributed by atoms with E-state index in [0.29, 0.717) is 24.0 Å². The topological polar surface area (TPSA) is 71.6 Å². The van der Waals surface area contributed by atoms with E-state index in [1.165, 1.54) is 12.1 Å². The van der Waals surface area contributed by atoms with Crippen LogP contribution in [0.25, 0.3) is 0 Å². The summed E-state index contributed by atoms with van der Waals surface area (Å²) in [6, 6.07) is 15.6. The van der Waals surface area contributed by atoms with Gasteiger partial charge in [0.25, 0.3) is 0 Å². The number of rotatable bonds is 7. The van der Waals surface area contributed by atoms with Crippen LogP contribution in [0.2, 0.25) is 0 Å². The Labute approximate surface area is 168 Å². The van der Waals surface area contributed by atoms with Crippen LogP contribution in [-0.2, 0) is 13.2 Å². The first-order chi connectivity index (χ1) is 14.2. The highest BCUT2D eigenvalue weighted by Crippen LogP contribution is 2.30. The first-order valence-electron chi connectivity index (χ1n) is 9.82. The van der Waals surface area contributed by atoms with Gasteiger partial charge in [-0.25, -0.2) is 4.39 Å². The lowest BCUT2D eigenvalue weighted by molar-refractivity contribution is 0.0538. The van der Waals surface area contributed by atoms with Gasteiger partial charge in [0.05, 0.1) is 12.6 Å². The lowest BCUT2D eigenvalue weighted by Crippen LogP contribution is -2.35. The fourth-order valence-corrected chi connectivity index (χ4v) is 3.63. The van der Waals surface area contributed by atoms with E-state index in [9.17, 15) is 9.50 Å². The number of aliphatic hydroxyl groups is 1. The van der Waals surface area contributed by atoms with Gasteiger partial charge in [-0.05, 0) is 61.7 Å². The van der Waals surface area contributed by atoms with Crippen molar-refractivity contribution in [2.75, 3.05) is 13.1 Å². The summed E-state index contributed by atoms with van der Waals surface area (Å²) in [5, 5.41) is 14.5. The molecule has 1 aromatic heterocycles. The first-order valence-corrected chi connectivity index (χ1v) is 9.82. The van der Waals surface area contributed by atoms with E-state index in [4.69, 9.17) is 9.26 Å². The quantitative estimate of drug-likeness (QED) is 0.655. The molecule has 0 amide bonds. The van der Waals surface area contributed by atoms with Crippen molar-refractivity contribution in [1.29, 1.82) is 0 Å². The molecule has 152 valence electrons. The van der Waals surface area contributed by atoms with E-state index >= 15 is 0 Å². The monoisotopic (exact) mass is 397 g/mol. The van der Waals surface area contributed by atoms with Crippen molar-refractivity contribution in [2.45, 2.75) is 32.1 Å². The van der Waals surface area contributed by atoms with Crippen LogP contribution in [0.3, 0.4) is 0 Å². The van der Waals surface area contributed by atoms with Gasteiger partial charge in [0, 0.05) is 0 Å². The van der Waals surface area contributed by atoms with Crippen molar-refractivity contribution in [1.82, 2.24) is 15.0 Å². The molecule has 7 heteroatoms. The van der Waals surface area contributed by atoms with Crippen LogP contribution in [0.1, 0.15) is 36.2 Å². The molecule has 2 heterocycles. The van der Waals surface area contributed by atoms with E-state index in [1.54, 1.807) is 12.1 Å². The summed E-state index contributed by atoms with van der Waals surface area (Å²) in [5.74, 6) is 1.51. The second-order valence-corrected chi connectivity index (χ2v) is 7.32. The predicted octanol–water partition coefficient (Wildman–Crippen LogP) is 3.73. The molecule has 4 rings (SSSR count). The highest BCUT2D eigenvalue weighted by molar-refractivity contribution is 5.22. The Hall–Kier alpha value is -2.77. The molecule has 6 nitrogen and oxygen atoms in total. The largest absolute Gasteiger partial charge is 0.485 e. The number of likely N-dealkylation sites (tertiary alicyclic amines) is 1. The maximum absolute atomic E-state index is 12.9. The van der Waals surface area contributed by atoms with Crippen LogP contribution >= 0.6 is 0 Å². The number of halogens is 1. The Morgan fingerprint density at radius 1 is 1.10 bits per heavy atom. The minimum Gasteiger partial charge on any atom is -0.485 e. The Morgan fingerprint density at radius 2 is 1.83 bits per heavy atom. The van der Waals surface area contributed by atoms with Gasteiger partial charge in [-0.2, -0.15) is 4.98 Å². The zero-order valence-electron chi connectivity index (χ0n) is 16.1. The first kappa shape index (κ1) is 19.5. The molecule has 1 fully saturated rings. The van der Waals surface area contributed by atoms with Crippen LogP contribution in [0.15, 0.2) is 59.1 Å². The summed E-state index contributed by atoms with van der Waals surface area (Å²) in [6.07, 6.45) is 1.42. The average molecular weight is 397 g/mol. The molecule has 1 saturated heterocycles. The Balaban J connectivity index is 1.24. The number of nitrogens with zero attached hydrogens (tertiary/aromatic N) is 3. The number of aromatic nitrogens is 2. The van der Waals surface area contributed by atoms with Crippen molar-refractivity contribution in [3.63, 3.8) is 0 Å². The fourth-order valence-electron chi connectivity index (χ4n) is 3.63. The van der Waals surface area contributed by atoms with E-state index in [1.807, 2.05) is 30.3 Å². The van der Waals surface area contributed by atoms with Crippen LogP contribution in [0.5, 0.6) is 5.75 Å². The summed E-state index contributed by atoms with van der Waals surface area (Å²) >= 11 is 0.